The summed E-state index contributed by atoms with van der Waals surface area (Å²) in [6, 6.07) is 9.09. The van der Waals surface area contributed by atoms with Gasteiger partial charge in [-0.1, -0.05) is 23.9 Å². The van der Waals surface area contributed by atoms with Crippen LogP contribution in [0.4, 0.5) is 0 Å². The number of hydrogen-bond donors (Lipinski definition) is 1. The van der Waals surface area contributed by atoms with Crippen molar-refractivity contribution in [3.63, 3.8) is 0 Å². The highest BCUT2D eigenvalue weighted by Crippen LogP contribution is 2.15. The molecule has 23 heavy (non-hydrogen) atoms. The van der Waals surface area contributed by atoms with Crippen LogP contribution >= 0.6 is 11.8 Å². The lowest BCUT2D eigenvalue weighted by Crippen LogP contribution is -2.14. The molecule has 1 aromatic carbocycles. The number of aryl methyl sites for hydroxylation is 1. The maximum absolute atomic E-state index is 11.6. The number of benzene rings is 1. The summed E-state index contributed by atoms with van der Waals surface area (Å²) >= 11 is 1.36. The Morgan fingerprint density at radius 2 is 2.17 bits per heavy atom. The van der Waals surface area contributed by atoms with Gasteiger partial charge >= 0.3 is 5.97 Å². The van der Waals surface area contributed by atoms with Crippen LogP contribution < -0.4 is 10.3 Å². The molecule has 0 fully saturated rings. The first-order valence-corrected chi connectivity index (χ1v) is 8.04. The van der Waals surface area contributed by atoms with E-state index >= 15 is 0 Å². The van der Waals surface area contributed by atoms with E-state index in [0.29, 0.717) is 23.2 Å². The molecule has 0 saturated heterocycles. The van der Waals surface area contributed by atoms with Crippen molar-refractivity contribution < 1.29 is 14.3 Å². The average Bonchev–Trinajstić information content (AvgIpc) is 2.51. The summed E-state index contributed by atoms with van der Waals surface area (Å²) in [5.41, 5.74) is 1.24. The van der Waals surface area contributed by atoms with Gasteiger partial charge in [-0.3, -0.25) is 9.59 Å². The quantitative estimate of drug-likeness (QED) is 0.361. The zero-order valence-corrected chi connectivity index (χ0v) is 13.8. The van der Waals surface area contributed by atoms with Gasteiger partial charge in [0.25, 0.3) is 5.56 Å². The summed E-state index contributed by atoms with van der Waals surface area (Å²) in [5.74, 6) is 1.01. The van der Waals surface area contributed by atoms with E-state index in [1.807, 2.05) is 31.2 Å². The molecule has 7 heteroatoms. The fourth-order valence-electron chi connectivity index (χ4n) is 1.87. The van der Waals surface area contributed by atoms with E-state index in [-0.39, 0.29) is 12.0 Å². The van der Waals surface area contributed by atoms with Crippen molar-refractivity contribution in [1.29, 1.82) is 0 Å². The normalized spacial score (nSPS) is 10.3. The second kappa shape index (κ2) is 8.38. The Morgan fingerprint density at radius 1 is 1.35 bits per heavy atom. The van der Waals surface area contributed by atoms with Crippen molar-refractivity contribution in [2.75, 3.05) is 19.5 Å². The number of nitrogens with one attached hydrogen (secondary N) is 1. The third-order valence-electron chi connectivity index (χ3n) is 2.91. The van der Waals surface area contributed by atoms with E-state index in [0.717, 1.165) is 11.3 Å². The Hall–Kier alpha value is -2.28. The van der Waals surface area contributed by atoms with Crippen LogP contribution in [0.2, 0.25) is 0 Å². The van der Waals surface area contributed by atoms with E-state index in [2.05, 4.69) is 14.7 Å². The number of hydrogen-bond acceptors (Lipinski definition) is 6. The van der Waals surface area contributed by atoms with Gasteiger partial charge in [0.1, 0.15) is 5.75 Å². The van der Waals surface area contributed by atoms with Crippen LogP contribution in [-0.4, -0.2) is 35.4 Å². The Labute approximate surface area is 138 Å². The number of carbonyl (C=O) groups excluding carboxylic acids is 1. The molecule has 0 unspecified atom stereocenters. The topological polar surface area (TPSA) is 81.3 Å². The maximum atomic E-state index is 11.6. The van der Waals surface area contributed by atoms with E-state index in [4.69, 9.17) is 4.74 Å². The summed E-state index contributed by atoms with van der Waals surface area (Å²) in [6.07, 6.45) is -0.0201. The molecule has 0 aliphatic heterocycles. The van der Waals surface area contributed by atoms with Crippen LogP contribution in [0.5, 0.6) is 5.75 Å². The molecular weight excluding hydrogens is 316 g/mol. The highest BCUT2D eigenvalue weighted by Gasteiger charge is 2.07. The van der Waals surface area contributed by atoms with Gasteiger partial charge in [0.2, 0.25) is 0 Å². The average molecular weight is 334 g/mol. The second-order valence-electron chi connectivity index (χ2n) is 4.81. The van der Waals surface area contributed by atoms with Crippen molar-refractivity contribution in [2.45, 2.75) is 18.5 Å². The number of thioether (sulfide) groups is 1. The summed E-state index contributed by atoms with van der Waals surface area (Å²) < 4.78 is 10.2. The lowest BCUT2D eigenvalue weighted by molar-refractivity contribution is -0.139. The van der Waals surface area contributed by atoms with Crippen molar-refractivity contribution in [3.8, 4) is 5.75 Å². The minimum absolute atomic E-state index is 0.0201. The number of carbonyl (C=O) groups is 1. The molecule has 0 aliphatic rings. The van der Waals surface area contributed by atoms with Gasteiger partial charge in [-0.25, -0.2) is 4.98 Å². The Balaban J connectivity index is 1.87. The predicted molar refractivity (Wildman–Crippen MR) is 88.0 cm³/mol. The Bertz CT molecular complexity index is 730. The number of H-pyrrole nitrogens is 1. The number of ether oxygens (including phenoxy) is 2. The SMILES string of the molecule is COC(=O)Cc1cc(=O)[nH]c(SCCOc2cccc(C)c2)n1. The molecule has 0 amide bonds. The summed E-state index contributed by atoms with van der Waals surface area (Å²) in [5, 5.41) is 0.462. The molecule has 0 bridgehead atoms. The van der Waals surface area contributed by atoms with E-state index < -0.39 is 5.97 Å². The number of methoxy groups -OCH3 is 1. The highest BCUT2D eigenvalue weighted by atomic mass is 32.2. The zero-order chi connectivity index (χ0) is 16.7. The maximum Gasteiger partial charge on any atom is 0.311 e. The summed E-state index contributed by atoms with van der Waals surface area (Å²) in [4.78, 5) is 29.7. The zero-order valence-electron chi connectivity index (χ0n) is 13.0. The first-order valence-electron chi connectivity index (χ1n) is 7.06. The van der Waals surface area contributed by atoms with E-state index in [1.165, 1.54) is 24.9 Å². The fourth-order valence-corrected chi connectivity index (χ4v) is 2.58. The Morgan fingerprint density at radius 3 is 2.91 bits per heavy atom. The van der Waals surface area contributed by atoms with E-state index in [9.17, 15) is 9.59 Å². The first-order chi connectivity index (χ1) is 11.1. The van der Waals surface area contributed by atoms with Crippen LogP contribution in [0.15, 0.2) is 40.3 Å². The van der Waals surface area contributed by atoms with Crippen LogP contribution in [0.1, 0.15) is 11.3 Å². The summed E-state index contributed by atoms with van der Waals surface area (Å²) in [7, 11) is 1.30. The summed E-state index contributed by atoms with van der Waals surface area (Å²) in [6.45, 7) is 2.49. The number of aromatic nitrogens is 2. The number of esters is 1. The van der Waals surface area contributed by atoms with Crippen molar-refractivity contribution in [3.05, 3.63) is 51.9 Å². The third kappa shape index (κ3) is 5.78. The van der Waals surface area contributed by atoms with Gasteiger partial charge in [-0.15, -0.1) is 0 Å². The minimum Gasteiger partial charge on any atom is -0.493 e. The number of nitrogens with zero attached hydrogens (tertiary/aromatic N) is 1. The van der Waals surface area contributed by atoms with Crippen LogP contribution in [0, 0.1) is 6.92 Å². The molecule has 0 saturated carbocycles. The third-order valence-corrected chi connectivity index (χ3v) is 3.74. The molecule has 2 aromatic rings. The van der Waals surface area contributed by atoms with Crippen LogP contribution in [0.3, 0.4) is 0 Å². The molecule has 122 valence electrons. The van der Waals surface area contributed by atoms with Gasteiger partial charge in [0.15, 0.2) is 5.16 Å². The first kappa shape index (κ1) is 17.1. The van der Waals surface area contributed by atoms with Gasteiger partial charge < -0.3 is 14.5 Å². The molecule has 0 radical (unpaired) electrons. The number of rotatable bonds is 7. The Kier molecular flexibility index (Phi) is 6.22. The van der Waals surface area contributed by atoms with Gasteiger partial charge in [0, 0.05) is 11.8 Å². The second-order valence-corrected chi connectivity index (χ2v) is 5.89. The molecule has 6 nitrogen and oxygen atoms in total. The van der Waals surface area contributed by atoms with Crippen molar-refractivity contribution in [1.82, 2.24) is 9.97 Å². The molecule has 1 heterocycles. The standard InChI is InChI=1S/C16H18N2O4S/c1-11-4-3-5-13(8-11)22-6-7-23-16-17-12(9-14(19)18-16)10-15(20)21-2/h3-5,8-9H,6-7,10H2,1-2H3,(H,17,18,19). The molecule has 2 rings (SSSR count). The van der Waals surface area contributed by atoms with Gasteiger partial charge in [-0.05, 0) is 24.6 Å². The predicted octanol–water partition coefficient (Wildman–Crippen LogP) is 1.96. The lowest BCUT2D eigenvalue weighted by Gasteiger charge is -2.07. The lowest BCUT2D eigenvalue weighted by atomic mass is 10.2. The van der Waals surface area contributed by atoms with Crippen LogP contribution in [0.25, 0.3) is 0 Å². The molecule has 1 N–H and O–H groups in total. The van der Waals surface area contributed by atoms with Gasteiger partial charge in [-0.2, -0.15) is 0 Å². The largest absolute Gasteiger partial charge is 0.493 e. The van der Waals surface area contributed by atoms with Crippen LogP contribution in [-0.2, 0) is 16.0 Å². The minimum atomic E-state index is -0.429. The highest BCUT2D eigenvalue weighted by molar-refractivity contribution is 7.99. The van der Waals surface area contributed by atoms with Crippen molar-refractivity contribution in [2.24, 2.45) is 0 Å². The molecule has 0 spiro atoms. The smallest absolute Gasteiger partial charge is 0.311 e. The molecule has 0 aliphatic carbocycles. The van der Waals surface area contributed by atoms with E-state index in [1.54, 1.807) is 0 Å². The molecule has 0 atom stereocenters. The fraction of sp³-hybridized carbons (Fsp3) is 0.312. The molecule has 1 aromatic heterocycles. The monoisotopic (exact) mass is 334 g/mol. The molecular formula is C16H18N2O4S. The van der Waals surface area contributed by atoms with Gasteiger partial charge in [0.05, 0.1) is 25.8 Å². The van der Waals surface area contributed by atoms with Crippen molar-refractivity contribution >= 4 is 17.7 Å². The number of aromatic amines is 1.